The summed E-state index contributed by atoms with van der Waals surface area (Å²) in [5.41, 5.74) is 7.82. The highest BCUT2D eigenvalue weighted by molar-refractivity contribution is 5.78. The Morgan fingerprint density at radius 1 is 1.29 bits per heavy atom. The Morgan fingerprint density at radius 2 is 2.18 bits per heavy atom. The summed E-state index contributed by atoms with van der Waals surface area (Å²) in [5.74, 6) is 0. The van der Waals surface area contributed by atoms with E-state index >= 15 is 0 Å². The number of fused-ring (bicyclic) bond motifs is 1. The van der Waals surface area contributed by atoms with Crippen LogP contribution in [-0.2, 0) is 4.74 Å². The molecule has 0 spiro atoms. The van der Waals surface area contributed by atoms with Crippen molar-refractivity contribution in [2.75, 3.05) is 6.54 Å². The van der Waals surface area contributed by atoms with Crippen molar-refractivity contribution in [2.24, 2.45) is 5.73 Å². The zero-order valence-corrected chi connectivity index (χ0v) is 9.67. The Bertz CT molecular complexity index is 526. The topological polar surface area (TPSA) is 48.1 Å². The molecule has 1 saturated heterocycles. The van der Waals surface area contributed by atoms with Crippen LogP contribution in [-0.4, -0.2) is 17.6 Å². The van der Waals surface area contributed by atoms with Gasteiger partial charge in [0, 0.05) is 18.1 Å². The van der Waals surface area contributed by atoms with Crippen molar-refractivity contribution in [1.29, 1.82) is 0 Å². The molecular formula is C14H16N2O. The quantitative estimate of drug-likeness (QED) is 0.858. The van der Waals surface area contributed by atoms with E-state index in [0.717, 1.165) is 18.4 Å². The molecule has 1 aromatic carbocycles. The lowest BCUT2D eigenvalue weighted by molar-refractivity contribution is 0.0497. The van der Waals surface area contributed by atoms with Crippen LogP contribution in [0.5, 0.6) is 0 Å². The molecule has 3 heteroatoms. The molecule has 2 atom stereocenters. The maximum absolute atomic E-state index is 5.88. The molecule has 3 rings (SSSR count). The van der Waals surface area contributed by atoms with Crippen LogP contribution >= 0.6 is 0 Å². The van der Waals surface area contributed by atoms with E-state index in [-0.39, 0.29) is 12.2 Å². The van der Waals surface area contributed by atoms with Crippen molar-refractivity contribution in [1.82, 2.24) is 4.98 Å². The van der Waals surface area contributed by atoms with Crippen LogP contribution in [0.25, 0.3) is 10.9 Å². The summed E-state index contributed by atoms with van der Waals surface area (Å²) in [6, 6.07) is 10.3. The maximum Gasteiger partial charge on any atom is 0.0845 e. The molecule has 3 nitrogen and oxygen atoms in total. The number of hydrogen-bond donors (Lipinski definition) is 1. The van der Waals surface area contributed by atoms with Crippen LogP contribution in [0.4, 0.5) is 0 Å². The van der Waals surface area contributed by atoms with Gasteiger partial charge >= 0.3 is 0 Å². The van der Waals surface area contributed by atoms with Crippen molar-refractivity contribution in [3.63, 3.8) is 0 Å². The monoisotopic (exact) mass is 228 g/mol. The highest BCUT2D eigenvalue weighted by atomic mass is 16.5. The molecule has 1 aromatic heterocycles. The van der Waals surface area contributed by atoms with Crippen molar-refractivity contribution in [3.8, 4) is 0 Å². The first-order valence-electron chi connectivity index (χ1n) is 6.07. The van der Waals surface area contributed by atoms with Crippen molar-refractivity contribution >= 4 is 10.9 Å². The average molecular weight is 228 g/mol. The Labute approximate surface area is 101 Å². The number of benzene rings is 1. The smallest absolute Gasteiger partial charge is 0.0845 e. The summed E-state index contributed by atoms with van der Waals surface area (Å²) < 4.78 is 5.88. The highest BCUT2D eigenvalue weighted by Crippen LogP contribution is 2.32. The molecular weight excluding hydrogens is 212 g/mol. The van der Waals surface area contributed by atoms with Gasteiger partial charge in [-0.15, -0.1) is 0 Å². The number of aromatic nitrogens is 1. The third kappa shape index (κ3) is 2.04. The highest BCUT2D eigenvalue weighted by Gasteiger charge is 2.25. The average Bonchev–Trinajstić information content (AvgIpc) is 2.87. The first kappa shape index (κ1) is 10.7. The number of hydrogen-bond acceptors (Lipinski definition) is 3. The molecule has 2 heterocycles. The van der Waals surface area contributed by atoms with E-state index in [4.69, 9.17) is 10.5 Å². The van der Waals surface area contributed by atoms with Gasteiger partial charge in [-0.05, 0) is 30.5 Å². The summed E-state index contributed by atoms with van der Waals surface area (Å²) >= 11 is 0. The summed E-state index contributed by atoms with van der Waals surface area (Å²) in [5, 5.41) is 1.17. The van der Waals surface area contributed by atoms with E-state index in [9.17, 15) is 0 Å². The maximum atomic E-state index is 5.88. The molecule has 1 aliphatic heterocycles. The van der Waals surface area contributed by atoms with Crippen LogP contribution < -0.4 is 5.73 Å². The summed E-state index contributed by atoms with van der Waals surface area (Å²) in [6.45, 7) is 0.609. The molecule has 17 heavy (non-hydrogen) atoms. The number of nitrogens with two attached hydrogens (primary N) is 1. The van der Waals surface area contributed by atoms with Crippen molar-refractivity contribution in [2.45, 2.75) is 25.0 Å². The predicted octanol–water partition coefficient (Wildman–Crippen LogP) is 2.41. The fraction of sp³-hybridized carbons (Fsp3) is 0.357. The van der Waals surface area contributed by atoms with Gasteiger partial charge in [0.15, 0.2) is 0 Å². The summed E-state index contributed by atoms with van der Waals surface area (Å²) in [4.78, 5) is 4.47. The standard InChI is InChI=1S/C14H16N2O/c15-8-12-5-6-14(17-12)11-7-10-3-1-2-4-13(10)16-9-11/h1-4,7,9,12,14H,5-6,8,15H2/t12-,14?/m0/s1. The van der Waals surface area contributed by atoms with Gasteiger partial charge in [0.1, 0.15) is 0 Å². The second kappa shape index (κ2) is 4.43. The first-order valence-corrected chi connectivity index (χ1v) is 6.07. The number of rotatable bonds is 2. The predicted molar refractivity (Wildman–Crippen MR) is 67.6 cm³/mol. The van der Waals surface area contributed by atoms with E-state index < -0.39 is 0 Å². The van der Waals surface area contributed by atoms with E-state index in [1.165, 1.54) is 10.9 Å². The fourth-order valence-electron chi connectivity index (χ4n) is 2.39. The van der Waals surface area contributed by atoms with Gasteiger partial charge in [-0.2, -0.15) is 0 Å². The Kier molecular flexibility index (Phi) is 2.79. The first-order chi connectivity index (χ1) is 8.36. The minimum atomic E-state index is 0.167. The van der Waals surface area contributed by atoms with E-state index in [1.807, 2.05) is 24.4 Å². The van der Waals surface area contributed by atoms with Gasteiger partial charge in [0.2, 0.25) is 0 Å². The Balaban J connectivity index is 1.91. The second-order valence-corrected chi connectivity index (χ2v) is 4.52. The fourth-order valence-corrected chi connectivity index (χ4v) is 2.39. The molecule has 0 bridgehead atoms. The van der Waals surface area contributed by atoms with E-state index in [2.05, 4.69) is 17.1 Å². The number of pyridine rings is 1. The van der Waals surface area contributed by atoms with E-state index in [1.54, 1.807) is 0 Å². The third-order valence-electron chi connectivity index (χ3n) is 3.35. The number of ether oxygens (including phenoxy) is 1. The van der Waals surface area contributed by atoms with Gasteiger partial charge in [-0.1, -0.05) is 18.2 Å². The van der Waals surface area contributed by atoms with Crippen LogP contribution in [0.3, 0.4) is 0 Å². The van der Waals surface area contributed by atoms with Crippen molar-refractivity contribution in [3.05, 3.63) is 42.1 Å². The van der Waals surface area contributed by atoms with Crippen LogP contribution in [0.15, 0.2) is 36.5 Å². The lowest BCUT2D eigenvalue weighted by atomic mass is 10.1. The van der Waals surface area contributed by atoms with Gasteiger partial charge in [0.05, 0.1) is 17.7 Å². The summed E-state index contributed by atoms with van der Waals surface area (Å²) in [7, 11) is 0. The lowest BCUT2D eigenvalue weighted by Gasteiger charge is -2.12. The number of para-hydroxylation sites is 1. The molecule has 88 valence electrons. The molecule has 0 radical (unpaired) electrons. The van der Waals surface area contributed by atoms with Gasteiger partial charge < -0.3 is 10.5 Å². The molecule has 2 aromatic rings. The van der Waals surface area contributed by atoms with Gasteiger partial charge in [-0.3, -0.25) is 4.98 Å². The molecule has 2 N–H and O–H groups in total. The van der Waals surface area contributed by atoms with Crippen molar-refractivity contribution < 1.29 is 4.74 Å². The Morgan fingerprint density at radius 3 is 3.00 bits per heavy atom. The number of nitrogens with zero attached hydrogens (tertiary/aromatic N) is 1. The lowest BCUT2D eigenvalue weighted by Crippen LogP contribution is -2.18. The molecule has 1 fully saturated rings. The zero-order chi connectivity index (χ0) is 11.7. The SMILES string of the molecule is NC[C@@H]1CCC(c2cnc3ccccc3c2)O1. The van der Waals surface area contributed by atoms with Crippen LogP contribution in [0.2, 0.25) is 0 Å². The minimum Gasteiger partial charge on any atom is -0.369 e. The van der Waals surface area contributed by atoms with Gasteiger partial charge in [-0.25, -0.2) is 0 Å². The normalized spacial score (nSPS) is 24.3. The van der Waals surface area contributed by atoms with Crippen LogP contribution in [0.1, 0.15) is 24.5 Å². The molecule has 0 saturated carbocycles. The molecule has 0 amide bonds. The zero-order valence-electron chi connectivity index (χ0n) is 9.67. The third-order valence-corrected chi connectivity index (χ3v) is 3.35. The largest absolute Gasteiger partial charge is 0.369 e. The second-order valence-electron chi connectivity index (χ2n) is 4.52. The minimum absolute atomic E-state index is 0.167. The van der Waals surface area contributed by atoms with Gasteiger partial charge in [0.25, 0.3) is 0 Å². The Hall–Kier alpha value is -1.45. The molecule has 0 aliphatic carbocycles. The van der Waals surface area contributed by atoms with E-state index in [0.29, 0.717) is 6.54 Å². The molecule has 1 unspecified atom stereocenters. The summed E-state index contributed by atoms with van der Waals surface area (Å²) in [6.07, 6.45) is 4.40. The molecule has 1 aliphatic rings. The van der Waals surface area contributed by atoms with Crippen LogP contribution in [0, 0.1) is 0 Å².